The van der Waals surface area contributed by atoms with Crippen LogP contribution in [0.1, 0.15) is 42.5 Å². The number of benzene rings is 1. The van der Waals surface area contributed by atoms with Crippen molar-refractivity contribution in [3.8, 4) is 0 Å². The average molecular weight is 285 g/mol. The van der Waals surface area contributed by atoms with Crippen LogP contribution in [0.15, 0.2) is 12.1 Å². The van der Waals surface area contributed by atoms with Crippen molar-refractivity contribution in [3.05, 3.63) is 29.3 Å². The zero-order valence-electron chi connectivity index (χ0n) is 11.0. The molecule has 1 fully saturated rings. The van der Waals surface area contributed by atoms with Gasteiger partial charge in [-0.15, -0.1) is 0 Å². The summed E-state index contributed by atoms with van der Waals surface area (Å²) in [5.41, 5.74) is -1.79. The van der Waals surface area contributed by atoms with Gasteiger partial charge in [-0.05, 0) is 25.0 Å². The SMILES string of the molecule is O=C(O)c1cc(F)c(NCC2(O)CCCCC2)c(F)c1. The number of carboxylic acids is 1. The zero-order chi connectivity index (χ0) is 14.8. The second kappa shape index (κ2) is 5.75. The molecule has 6 heteroatoms. The van der Waals surface area contributed by atoms with Crippen molar-refractivity contribution < 1.29 is 23.8 Å². The summed E-state index contributed by atoms with van der Waals surface area (Å²) in [6.07, 6.45) is 4.02. The normalized spacial score (nSPS) is 17.8. The number of carbonyl (C=O) groups is 1. The lowest BCUT2D eigenvalue weighted by molar-refractivity contribution is 0.0166. The topological polar surface area (TPSA) is 69.6 Å². The van der Waals surface area contributed by atoms with Crippen molar-refractivity contribution >= 4 is 11.7 Å². The van der Waals surface area contributed by atoms with Crippen molar-refractivity contribution in [1.29, 1.82) is 0 Å². The minimum Gasteiger partial charge on any atom is -0.478 e. The van der Waals surface area contributed by atoms with Gasteiger partial charge in [0.15, 0.2) is 0 Å². The van der Waals surface area contributed by atoms with Gasteiger partial charge in [-0.2, -0.15) is 0 Å². The van der Waals surface area contributed by atoms with E-state index >= 15 is 0 Å². The van der Waals surface area contributed by atoms with E-state index in [2.05, 4.69) is 5.32 Å². The fourth-order valence-electron chi connectivity index (χ4n) is 2.51. The number of carboxylic acid groups (broad SMARTS) is 1. The van der Waals surface area contributed by atoms with E-state index in [1.165, 1.54) is 0 Å². The van der Waals surface area contributed by atoms with Crippen LogP contribution in [0.2, 0.25) is 0 Å². The number of hydrogen-bond acceptors (Lipinski definition) is 3. The number of rotatable bonds is 4. The highest BCUT2D eigenvalue weighted by atomic mass is 19.1. The molecule has 0 bridgehead atoms. The Hall–Kier alpha value is -1.69. The van der Waals surface area contributed by atoms with Crippen LogP contribution in [0.3, 0.4) is 0 Å². The van der Waals surface area contributed by atoms with Crippen molar-refractivity contribution in [2.75, 3.05) is 11.9 Å². The Bertz CT molecular complexity index is 490. The predicted molar refractivity (Wildman–Crippen MR) is 69.8 cm³/mol. The summed E-state index contributed by atoms with van der Waals surface area (Å²) >= 11 is 0. The lowest BCUT2D eigenvalue weighted by atomic mass is 9.85. The van der Waals surface area contributed by atoms with Crippen LogP contribution in [0.25, 0.3) is 0 Å². The summed E-state index contributed by atoms with van der Waals surface area (Å²) in [5.74, 6) is -3.33. The molecule has 1 aliphatic rings. The monoisotopic (exact) mass is 285 g/mol. The van der Waals surface area contributed by atoms with Crippen LogP contribution in [-0.4, -0.2) is 28.3 Å². The smallest absolute Gasteiger partial charge is 0.335 e. The van der Waals surface area contributed by atoms with Gasteiger partial charge >= 0.3 is 5.97 Å². The maximum Gasteiger partial charge on any atom is 0.335 e. The Kier molecular flexibility index (Phi) is 4.23. The molecule has 0 aromatic heterocycles. The molecular weight excluding hydrogens is 268 g/mol. The third kappa shape index (κ3) is 3.25. The summed E-state index contributed by atoms with van der Waals surface area (Å²) in [6.45, 7) is 0.0489. The summed E-state index contributed by atoms with van der Waals surface area (Å²) < 4.78 is 27.4. The molecule has 20 heavy (non-hydrogen) atoms. The Balaban J connectivity index is 2.11. The predicted octanol–water partition coefficient (Wildman–Crippen LogP) is 2.77. The second-order valence-corrected chi connectivity index (χ2v) is 5.26. The molecule has 4 nitrogen and oxygen atoms in total. The Morgan fingerprint density at radius 3 is 2.25 bits per heavy atom. The number of hydrogen-bond donors (Lipinski definition) is 3. The maximum atomic E-state index is 13.7. The lowest BCUT2D eigenvalue weighted by Gasteiger charge is -2.32. The molecule has 0 spiro atoms. The fourth-order valence-corrected chi connectivity index (χ4v) is 2.51. The zero-order valence-corrected chi connectivity index (χ0v) is 11.0. The Morgan fingerprint density at radius 1 is 1.20 bits per heavy atom. The van der Waals surface area contributed by atoms with Crippen LogP contribution in [0, 0.1) is 11.6 Å². The standard InChI is InChI=1S/C14H17F2NO3/c15-10-6-9(13(18)19)7-11(16)12(10)17-8-14(20)4-2-1-3-5-14/h6-7,17,20H,1-5,8H2,(H,18,19). The number of anilines is 1. The Labute approximate surface area is 115 Å². The molecule has 0 heterocycles. The molecule has 0 amide bonds. The van der Waals surface area contributed by atoms with E-state index in [4.69, 9.17) is 5.11 Å². The molecule has 1 aliphatic carbocycles. The summed E-state index contributed by atoms with van der Waals surface area (Å²) in [4.78, 5) is 10.7. The lowest BCUT2D eigenvalue weighted by Crippen LogP contribution is -2.39. The largest absolute Gasteiger partial charge is 0.478 e. The first-order valence-electron chi connectivity index (χ1n) is 6.60. The highest BCUT2D eigenvalue weighted by Gasteiger charge is 2.29. The fraction of sp³-hybridized carbons (Fsp3) is 0.500. The van der Waals surface area contributed by atoms with Crippen molar-refractivity contribution in [1.82, 2.24) is 0 Å². The van der Waals surface area contributed by atoms with E-state index in [0.29, 0.717) is 12.8 Å². The van der Waals surface area contributed by atoms with Crippen molar-refractivity contribution in [2.45, 2.75) is 37.7 Å². The molecule has 0 atom stereocenters. The summed E-state index contributed by atoms with van der Waals surface area (Å²) in [6, 6.07) is 1.53. The molecule has 1 saturated carbocycles. The summed E-state index contributed by atoms with van der Waals surface area (Å²) in [5, 5.41) is 21.5. The van der Waals surface area contributed by atoms with Gasteiger partial charge < -0.3 is 15.5 Å². The van der Waals surface area contributed by atoms with Crippen molar-refractivity contribution in [2.24, 2.45) is 0 Å². The summed E-state index contributed by atoms with van der Waals surface area (Å²) in [7, 11) is 0. The van der Waals surface area contributed by atoms with Gasteiger partial charge in [-0.3, -0.25) is 0 Å². The van der Waals surface area contributed by atoms with Crippen LogP contribution in [0.4, 0.5) is 14.5 Å². The van der Waals surface area contributed by atoms with E-state index in [1.54, 1.807) is 0 Å². The van der Waals surface area contributed by atoms with E-state index < -0.39 is 34.5 Å². The van der Waals surface area contributed by atoms with E-state index in [9.17, 15) is 18.7 Å². The Morgan fingerprint density at radius 2 is 1.75 bits per heavy atom. The molecular formula is C14H17F2NO3. The molecule has 1 aromatic rings. The number of aromatic carboxylic acids is 1. The van der Waals surface area contributed by atoms with Crippen LogP contribution in [0.5, 0.6) is 0 Å². The van der Waals surface area contributed by atoms with Gasteiger partial charge in [0.1, 0.15) is 17.3 Å². The molecule has 0 aliphatic heterocycles. The first-order chi connectivity index (χ1) is 9.41. The molecule has 3 N–H and O–H groups in total. The van der Waals surface area contributed by atoms with Gasteiger partial charge in [-0.25, -0.2) is 13.6 Å². The number of aliphatic hydroxyl groups is 1. The van der Waals surface area contributed by atoms with Crippen LogP contribution >= 0.6 is 0 Å². The minimum absolute atomic E-state index is 0.0489. The van der Waals surface area contributed by atoms with Crippen molar-refractivity contribution in [3.63, 3.8) is 0 Å². The van der Waals surface area contributed by atoms with Gasteiger partial charge in [0, 0.05) is 6.54 Å². The second-order valence-electron chi connectivity index (χ2n) is 5.26. The van der Waals surface area contributed by atoms with Gasteiger partial charge in [0.2, 0.25) is 0 Å². The van der Waals surface area contributed by atoms with E-state index in [1.807, 2.05) is 0 Å². The third-order valence-electron chi connectivity index (χ3n) is 3.67. The highest BCUT2D eigenvalue weighted by molar-refractivity contribution is 5.88. The molecule has 110 valence electrons. The molecule has 0 unspecified atom stereocenters. The van der Waals surface area contributed by atoms with Crippen LogP contribution in [-0.2, 0) is 0 Å². The minimum atomic E-state index is -1.39. The first-order valence-corrected chi connectivity index (χ1v) is 6.60. The van der Waals surface area contributed by atoms with E-state index in [-0.39, 0.29) is 6.54 Å². The molecule has 2 rings (SSSR count). The van der Waals surface area contributed by atoms with Gasteiger partial charge in [0.25, 0.3) is 0 Å². The quantitative estimate of drug-likeness (QED) is 0.795. The average Bonchev–Trinajstić information content (AvgIpc) is 2.38. The molecule has 1 aromatic carbocycles. The first kappa shape index (κ1) is 14.7. The van der Waals surface area contributed by atoms with Gasteiger partial charge in [-0.1, -0.05) is 19.3 Å². The highest BCUT2D eigenvalue weighted by Crippen LogP contribution is 2.29. The molecule has 0 saturated heterocycles. The van der Waals surface area contributed by atoms with Crippen LogP contribution < -0.4 is 5.32 Å². The number of halogens is 2. The third-order valence-corrected chi connectivity index (χ3v) is 3.67. The van der Waals surface area contributed by atoms with E-state index in [0.717, 1.165) is 31.4 Å². The maximum absolute atomic E-state index is 13.7. The number of nitrogens with one attached hydrogen (secondary N) is 1. The van der Waals surface area contributed by atoms with Gasteiger partial charge in [0.05, 0.1) is 11.2 Å². The molecule has 0 radical (unpaired) electrons.